The van der Waals surface area contributed by atoms with E-state index in [0.29, 0.717) is 5.92 Å². The summed E-state index contributed by atoms with van der Waals surface area (Å²) in [5.41, 5.74) is 1.03. The molecule has 1 N–H and O–H groups in total. The third kappa shape index (κ3) is 3.38. The Kier molecular flexibility index (Phi) is 5.63. The predicted octanol–water partition coefficient (Wildman–Crippen LogP) is 5.10. The Labute approximate surface area is 127 Å². The maximum absolute atomic E-state index is 10.9. The van der Waals surface area contributed by atoms with Crippen LogP contribution in [0.25, 0.3) is 10.8 Å². The zero-order chi connectivity index (χ0) is 15.2. The van der Waals surface area contributed by atoms with Crippen molar-refractivity contribution in [2.45, 2.75) is 45.6 Å². The highest BCUT2D eigenvalue weighted by Gasteiger charge is 2.21. The molecule has 2 rings (SSSR count). The van der Waals surface area contributed by atoms with Gasteiger partial charge in [0.2, 0.25) is 0 Å². The molecule has 0 aliphatic heterocycles. The first-order chi connectivity index (χ1) is 10.2. The fourth-order valence-electron chi connectivity index (χ4n) is 3.19. The van der Waals surface area contributed by atoms with E-state index in [4.69, 9.17) is 4.74 Å². The number of fused-ring (bicyclic) bond motifs is 1. The largest absolute Gasteiger partial charge is 0.496 e. The molecule has 0 heterocycles. The quantitative estimate of drug-likeness (QED) is 0.767. The van der Waals surface area contributed by atoms with Gasteiger partial charge in [-0.2, -0.15) is 0 Å². The minimum absolute atomic E-state index is 0.330. The summed E-state index contributed by atoms with van der Waals surface area (Å²) in [6.45, 7) is 4.36. The molecule has 0 saturated carbocycles. The van der Waals surface area contributed by atoms with Gasteiger partial charge in [-0.05, 0) is 35.8 Å². The zero-order valence-corrected chi connectivity index (χ0v) is 13.3. The van der Waals surface area contributed by atoms with Gasteiger partial charge in [-0.3, -0.25) is 0 Å². The second-order valence-electron chi connectivity index (χ2n) is 5.68. The summed E-state index contributed by atoms with van der Waals surface area (Å²) in [6.07, 6.45) is 3.94. The Hall–Kier alpha value is -1.54. The van der Waals surface area contributed by atoms with Crippen molar-refractivity contribution in [3.63, 3.8) is 0 Å². The van der Waals surface area contributed by atoms with Crippen LogP contribution in [0, 0.1) is 5.92 Å². The monoisotopic (exact) mass is 286 g/mol. The number of methoxy groups -OCH3 is 1. The highest BCUT2D eigenvalue weighted by molar-refractivity contribution is 5.91. The van der Waals surface area contributed by atoms with Crippen LogP contribution in [0.15, 0.2) is 36.4 Å². The maximum Gasteiger partial charge on any atom is 0.126 e. The smallest absolute Gasteiger partial charge is 0.126 e. The molecule has 0 aliphatic carbocycles. The lowest BCUT2D eigenvalue weighted by Crippen LogP contribution is -2.13. The lowest BCUT2D eigenvalue weighted by molar-refractivity contribution is 0.0977. The van der Waals surface area contributed by atoms with Gasteiger partial charge in [0.05, 0.1) is 13.2 Å². The molecule has 0 saturated heterocycles. The van der Waals surface area contributed by atoms with E-state index < -0.39 is 6.10 Å². The van der Waals surface area contributed by atoms with E-state index in [2.05, 4.69) is 26.0 Å². The van der Waals surface area contributed by atoms with Crippen LogP contribution in [0.5, 0.6) is 5.75 Å². The predicted molar refractivity (Wildman–Crippen MR) is 88.8 cm³/mol. The third-order valence-electron chi connectivity index (χ3n) is 4.22. The molecule has 0 aliphatic rings. The Morgan fingerprint density at radius 1 is 0.952 bits per heavy atom. The van der Waals surface area contributed by atoms with Crippen molar-refractivity contribution in [1.82, 2.24) is 0 Å². The van der Waals surface area contributed by atoms with Gasteiger partial charge < -0.3 is 9.84 Å². The standard InChI is InChI=1S/C19H26O2/c1-4-8-14(9-5-2)19(20)17-12-13-18(21-3)16-11-7-6-10-15(16)17/h6-7,10-14,19-20H,4-5,8-9H2,1-3H3. The summed E-state index contributed by atoms with van der Waals surface area (Å²) < 4.78 is 5.44. The van der Waals surface area contributed by atoms with E-state index in [9.17, 15) is 5.11 Å². The van der Waals surface area contributed by atoms with Gasteiger partial charge in [0.15, 0.2) is 0 Å². The van der Waals surface area contributed by atoms with Crippen molar-refractivity contribution in [3.05, 3.63) is 42.0 Å². The molecule has 0 aromatic heterocycles. The van der Waals surface area contributed by atoms with Crippen molar-refractivity contribution in [3.8, 4) is 5.75 Å². The number of hydrogen-bond donors (Lipinski definition) is 1. The fraction of sp³-hybridized carbons (Fsp3) is 0.474. The van der Waals surface area contributed by atoms with E-state index in [1.807, 2.05) is 24.3 Å². The van der Waals surface area contributed by atoms with Crippen molar-refractivity contribution < 1.29 is 9.84 Å². The summed E-state index contributed by atoms with van der Waals surface area (Å²) in [5, 5.41) is 13.0. The molecule has 114 valence electrons. The number of rotatable bonds is 7. The third-order valence-corrected chi connectivity index (χ3v) is 4.22. The van der Waals surface area contributed by atoms with Crippen LogP contribution < -0.4 is 4.74 Å². The summed E-state index contributed by atoms with van der Waals surface area (Å²) >= 11 is 0. The summed E-state index contributed by atoms with van der Waals surface area (Å²) in [4.78, 5) is 0. The average molecular weight is 286 g/mol. The molecule has 21 heavy (non-hydrogen) atoms. The summed E-state index contributed by atoms with van der Waals surface area (Å²) in [5.74, 6) is 1.20. The molecule has 2 heteroatoms. The van der Waals surface area contributed by atoms with Gasteiger partial charge >= 0.3 is 0 Å². The molecule has 2 aromatic carbocycles. The van der Waals surface area contributed by atoms with E-state index in [0.717, 1.165) is 47.8 Å². The van der Waals surface area contributed by atoms with Crippen LogP contribution in [0.1, 0.15) is 51.2 Å². The fourth-order valence-corrected chi connectivity index (χ4v) is 3.19. The van der Waals surface area contributed by atoms with Crippen molar-refractivity contribution in [2.75, 3.05) is 7.11 Å². The molecule has 2 aromatic rings. The van der Waals surface area contributed by atoms with E-state index >= 15 is 0 Å². The molecule has 1 atom stereocenters. The molecule has 2 nitrogen and oxygen atoms in total. The van der Waals surface area contributed by atoms with Crippen molar-refractivity contribution >= 4 is 10.8 Å². The van der Waals surface area contributed by atoms with E-state index in [-0.39, 0.29) is 0 Å². The molecule has 0 spiro atoms. The normalized spacial score (nSPS) is 12.8. The molecular weight excluding hydrogens is 260 g/mol. The van der Waals surface area contributed by atoms with Crippen LogP contribution in [0.3, 0.4) is 0 Å². The van der Waals surface area contributed by atoms with Gasteiger partial charge in [0.1, 0.15) is 5.75 Å². The summed E-state index contributed by atoms with van der Waals surface area (Å²) in [6, 6.07) is 12.1. The first-order valence-electron chi connectivity index (χ1n) is 7.96. The lowest BCUT2D eigenvalue weighted by Gasteiger charge is -2.24. The molecule has 0 amide bonds. The van der Waals surface area contributed by atoms with E-state index in [1.165, 1.54) is 0 Å². The average Bonchev–Trinajstić information content (AvgIpc) is 2.53. The van der Waals surface area contributed by atoms with Gasteiger partial charge in [0.25, 0.3) is 0 Å². The van der Waals surface area contributed by atoms with Gasteiger partial charge in [0, 0.05) is 5.39 Å². The Morgan fingerprint density at radius 2 is 1.57 bits per heavy atom. The Morgan fingerprint density at radius 3 is 2.14 bits per heavy atom. The van der Waals surface area contributed by atoms with Gasteiger partial charge in [-0.25, -0.2) is 0 Å². The lowest BCUT2D eigenvalue weighted by atomic mass is 9.86. The molecule has 0 radical (unpaired) electrons. The Bertz CT molecular complexity index is 571. The van der Waals surface area contributed by atoms with Gasteiger partial charge in [-0.1, -0.05) is 57.0 Å². The second-order valence-corrected chi connectivity index (χ2v) is 5.68. The SMILES string of the molecule is CCCC(CCC)C(O)c1ccc(OC)c2ccccc12. The second kappa shape index (κ2) is 7.46. The number of ether oxygens (including phenoxy) is 1. The maximum atomic E-state index is 10.9. The topological polar surface area (TPSA) is 29.5 Å². The van der Waals surface area contributed by atoms with E-state index in [1.54, 1.807) is 7.11 Å². The highest BCUT2D eigenvalue weighted by Crippen LogP contribution is 2.36. The first kappa shape index (κ1) is 15.8. The number of hydrogen-bond acceptors (Lipinski definition) is 2. The first-order valence-corrected chi connectivity index (χ1v) is 7.96. The number of benzene rings is 2. The summed E-state index contributed by atoms with van der Waals surface area (Å²) in [7, 11) is 1.69. The van der Waals surface area contributed by atoms with Crippen LogP contribution in [0.4, 0.5) is 0 Å². The van der Waals surface area contributed by atoms with Crippen LogP contribution in [-0.2, 0) is 0 Å². The molecule has 0 fully saturated rings. The molecule has 0 bridgehead atoms. The van der Waals surface area contributed by atoms with Crippen LogP contribution >= 0.6 is 0 Å². The van der Waals surface area contributed by atoms with Crippen molar-refractivity contribution in [1.29, 1.82) is 0 Å². The van der Waals surface area contributed by atoms with Crippen LogP contribution in [0.2, 0.25) is 0 Å². The van der Waals surface area contributed by atoms with Crippen LogP contribution in [-0.4, -0.2) is 12.2 Å². The highest BCUT2D eigenvalue weighted by atomic mass is 16.5. The minimum Gasteiger partial charge on any atom is -0.496 e. The van der Waals surface area contributed by atoms with Crippen molar-refractivity contribution in [2.24, 2.45) is 5.92 Å². The number of aliphatic hydroxyl groups is 1. The Balaban J connectivity index is 2.45. The number of aliphatic hydroxyl groups excluding tert-OH is 1. The minimum atomic E-state index is -0.402. The zero-order valence-electron chi connectivity index (χ0n) is 13.3. The molecule has 1 unspecified atom stereocenters. The molecular formula is C19H26O2. The van der Waals surface area contributed by atoms with Gasteiger partial charge in [-0.15, -0.1) is 0 Å².